The molecule has 2 aliphatic heterocycles. The molecule has 0 bridgehead atoms. The third-order valence-electron chi connectivity index (χ3n) is 14.7. The van der Waals surface area contributed by atoms with E-state index >= 15 is 0 Å². The Morgan fingerprint density at radius 2 is 1.47 bits per heavy atom. The minimum atomic E-state index is -1.19. The first kappa shape index (κ1) is 51.4. The lowest BCUT2D eigenvalue weighted by atomic mass is 9.89. The van der Waals surface area contributed by atoms with Crippen molar-refractivity contribution in [1.82, 2.24) is 29.7 Å². The Hall–Kier alpha value is -9.05. The predicted molar refractivity (Wildman–Crippen MR) is 300 cm³/mol. The number of carbonyl (C=O) groups excluding carboxylic acids is 5. The normalized spacial score (nSPS) is 12.6. The zero-order valence-electron chi connectivity index (χ0n) is 43.7. The highest BCUT2D eigenvalue weighted by Crippen LogP contribution is 2.45. The van der Waals surface area contributed by atoms with E-state index in [1.165, 1.54) is 6.07 Å². The maximum Gasteiger partial charge on any atom is 0.336 e. The summed E-state index contributed by atoms with van der Waals surface area (Å²) in [5.74, 6) is -2.91. The van der Waals surface area contributed by atoms with Crippen LogP contribution in [0.4, 0.5) is 5.69 Å². The monoisotopic (exact) mass is 1030 g/mol. The van der Waals surface area contributed by atoms with E-state index in [0.29, 0.717) is 59.4 Å². The smallest absolute Gasteiger partial charge is 0.336 e. The minimum absolute atomic E-state index is 0.0399. The van der Waals surface area contributed by atoms with Crippen molar-refractivity contribution in [3.05, 3.63) is 143 Å². The van der Waals surface area contributed by atoms with Crippen molar-refractivity contribution in [2.24, 2.45) is 7.05 Å². The molecule has 7 aromatic rings. The van der Waals surface area contributed by atoms with Crippen molar-refractivity contribution in [1.29, 1.82) is 0 Å². The number of benzene rings is 6. The molecule has 16 nitrogen and oxygen atoms in total. The molecule has 5 aromatic carbocycles. The van der Waals surface area contributed by atoms with Crippen molar-refractivity contribution in [3.63, 3.8) is 0 Å². The highest BCUT2D eigenvalue weighted by molar-refractivity contribution is 6.39. The Kier molecular flexibility index (Phi) is 14.2. The molecule has 3 aliphatic rings. The van der Waals surface area contributed by atoms with E-state index < -0.39 is 35.7 Å². The van der Waals surface area contributed by atoms with Gasteiger partial charge in [-0.05, 0) is 92.6 Å². The van der Waals surface area contributed by atoms with E-state index in [-0.39, 0.29) is 36.6 Å². The van der Waals surface area contributed by atoms with Crippen LogP contribution in [0.15, 0.2) is 120 Å². The van der Waals surface area contributed by atoms with Gasteiger partial charge in [-0.1, -0.05) is 55.5 Å². The number of imide groups is 1. The summed E-state index contributed by atoms with van der Waals surface area (Å²) < 4.78 is 18.5. The van der Waals surface area contributed by atoms with Gasteiger partial charge >= 0.3 is 11.9 Å². The van der Waals surface area contributed by atoms with Gasteiger partial charge in [0.1, 0.15) is 31.5 Å². The maximum atomic E-state index is 13.5. The first-order valence-electron chi connectivity index (χ1n) is 25.9. The predicted octanol–water partition coefficient (Wildman–Crippen LogP) is 9.01. The van der Waals surface area contributed by atoms with Crippen LogP contribution in [-0.2, 0) is 27.9 Å². The van der Waals surface area contributed by atoms with E-state index in [1.807, 2.05) is 130 Å². The molecule has 4 N–H and O–H groups in total. The molecule has 0 saturated heterocycles. The Labute approximate surface area is 443 Å². The molecular formula is C61H60N7O9+. The average molecular weight is 1040 g/mol. The SMILES string of the molecule is C=CC(=O)NC(CCCCNC(=O)c1ccc(-c2c3ccc(=[N+](C)C)cc-3oc3cc(N(C)C)ccc23)c(C(=O)O)c1)C(=O)OCCCCCCn1c2ccccc2c2c3c(c4c5ccccc5n(C)c4c21)C(=O)NC3=O. The summed E-state index contributed by atoms with van der Waals surface area (Å²) in [6, 6.07) is 31.2. The number of ether oxygens (including phenoxy) is 1. The van der Waals surface area contributed by atoms with Crippen molar-refractivity contribution >= 4 is 95.8 Å². The second-order valence-corrected chi connectivity index (χ2v) is 20.0. The number of aromatic nitrogens is 2. The lowest BCUT2D eigenvalue weighted by Crippen LogP contribution is -2.41. The van der Waals surface area contributed by atoms with E-state index in [2.05, 4.69) is 31.7 Å². The summed E-state index contributed by atoms with van der Waals surface area (Å²) in [6.45, 7) is 4.58. The third kappa shape index (κ3) is 9.55. The van der Waals surface area contributed by atoms with E-state index in [9.17, 15) is 33.9 Å². The summed E-state index contributed by atoms with van der Waals surface area (Å²) >= 11 is 0. The van der Waals surface area contributed by atoms with E-state index in [1.54, 1.807) is 12.1 Å². The van der Waals surface area contributed by atoms with Crippen LogP contribution in [0.5, 0.6) is 0 Å². The van der Waals surface area contributed by atoms with Gasteiger partial charge in [0.15, 0.2) is 0 Å². The summed E-state index contributed by atoms with van der Waals surface area (Å²) in [4.78, 5) is 81.1. The molecule has 4 amide bonds. The van der Waals surface area contributed by atoms with Gasteiger partial charge in [0.05, 0.1) is 40.4 Å². The average Bonchev–Trinajstić information content (AvgIpc) is 4.24. The van der Waals surface area contributed by atoms with Crippen LogP contribution in [-0.4, -0.2) is 97.2 Å². The number of anilines is 1. The van der Waals surface area contributed by atoms with Gasteiger partial charge in [-0.25, -0.2) is 14.2 Å². The number of para-hydroxylation sites is 2. The standard InChI is InChI=1S/C61H59N7O9/c1-7-49(69)63-44(20-14-15-29-62-57(70)35-23-26-38(43(32-35)60(73)74)50-41-27-24-36(65(2)3)33-47(41)77-48-34-37(66(4)5)25-28-42(48)50)61(75)76-31-17-9-8-16-30-68-46-22-13-11-19-40(46)52-54-53(58(71)64-59(54)72)51-39-18-10-12-21-45(39)67(6)55(51)56(52)68/h7,10-13,18-19,21-28,32-34,44H,1,8-9,14-17,20,29-31H2,2-6H3,(H3-,62,63,64,69,70,71,72,73,74)/p+1. The lowest BCUT2D eigenvalue weighted by Gasteiger charge is -2.19. The topological polar surface area (TPSA) is 197 Å². The molecular weight excluding hydrogens is 975 g/mol. The molecule has 0 spiro atoms. The fraction of sp³-hybridized carbons (Fsp3) is 0.262. The van der Waals surface area contributed by atoms with Crippen LogP contribution >= 0.6 is 0 Å². The van der Waals surface area contributed by atoms with Gasteiger partial charge in [-0.2, -0.15) is 0 Å². The number of amides is 4. The minimum Gasteiger partial charge on any atom is -0.478 e. The second kappa shape index (κ2) is 21.3. The molecule has 4 heterocycles. The number of fused-ring (bicyclic) bond motifs is 12. The second-order valence-electron chi connectivity index (χ2n) is 20.0. The Bertz CT molecular complexity index is 3970. The summed E-state index contributed by atoms with van der Waals surface area (Å²) in [6.07, 6.45) is 5.27. The highest BCUT2D eigenvalue weighted by Gasteiger charge is 2.36. The van der Waals surface area contributed by atoms with Crippen LogP contribution in [0.25, 0.3) is 77.0 Å². The number of nitrogens with one attached hydrogen (secondary N) is 3. The first-order chi connectivity index (χ1) is 37.2. The van der Waals surface area contributed by atoms with Crippen molar-refractivity contribution in [2.75, 3.05) is 46.2 Å². The Morgan fingerprint density at radius 1 is 0.779 bits per heavy atom. The molecule has 392 valence electrons. The molecule has 2 aromatic heterocycles. The number of esters is 1. The molecule has 10 rings (SSSR count). The number of hydrogen-bond acceptors (Lipinski definition) is 9. The number of aromatic carboxylic acids is 1. The van der Waals surface area contributed by atoms with Crippen molar-refractivity contribution in [3.8, 4) is 22.5 Å². The quantitative estimate of drug-likeness (QED) is 0.0152. The number of carboxylic acids is 1. The van der Waals surface area contributed by atoms with Crippen molar-refractivity contribution in [2.45, 2.75) is 57.5 Å². The number of hydrogen-bond donors (Lipinski definition) is 4. The molecule has 0 saturated carbocycles. The Balaban J connectivity index is 0.754. The molecule has 1 aliphatic carbocycles. The van der Waals surface area contributed by atoms with E-state index in [0.717, 1.165) is 90.9 Å². The molecule has 1 atom stereocenters. The molecule has 77 heavy (non-hydrogen) atoms. The zero-order chi connectivity index (χ0) is 54.2. The number of carboxylic acid groups (broad SMARTS) is 1. The molecule has 1 unspecified atom stereocenters. The van der Waals surface area contributed by atoms with Crippen LogP contribution < -0.4 is 30.8 Å². The van der Waals surface area contributed by atoms with Gasteiger partial charge < -0.3 is 38.9 Å². The van der Waals surface area contributed by atoms with E-state index in [4.69, 9.17) is 9.15 Å². The lowest BCUT2D eigenvalue weighted by molar-refractivity contribution is -0.147. The summed E-state index contributed by atoms with van der Waals surface area (Å²) in [5.41, 5.74) is 8.06. The van der Waals surface area contributed by atoms with Gasteiger partial charge in [-0.15, -0.1) is 0 Å². The van der Waals surface area contributed by atoms with Crippen LogP contribution in [0, 0.1) is 0 Å². The first-order valence-corrected chi connectivity index (χ1v) is 25.9. The fourth-order valence-electron chi connectivity index (χ4n) is 10.9. The highest BCUT2D eigenvalue weighted by atomic mass is 16.5. The van der Waals surface area contributed by atoms with Crippen molar-refractivity contribution < 1.29 is 43.0 Å². The number of aryl methyl sites for hydroxylation is 2. The van der Waals surface area contributed by atoms with Crippen LogP contribution in [0.3, 0.4) is 0 Å². The van der Waals surface area contributed by atoms with Crippen LogP contribution in [0.1, 0.15) is 86.4 Å². The largest absolute Gasteiger partial charge is 0.478 e. The van der Waals surface area contributed by atoms with Gasteiger partial charge in [0.2, 0.25) is 11.3 Å². The maximum absolute atomic E-state index is 13.5. The molecule has 0 fully saturated rings. The Morgan fingerprint density at radius 3 is 2.18 bits per heavy atom. The van der Waals surface area contributed by atoms with Gasteiger partial charge in [0.25, 0.3) is 17.7 Å². The number of nitrogens with zero attached hydrogens (tertiary/aromatic N) is 4. The third-order valence-corrected chi connectivity index (χ3v) is 14.7. The number of carbonyl (C=O) groups is 6. The van der Waals surface area contributed by atoms with Gasteiger partial charge in [-0.3, -0.25) is 24.5 Å². The summed E-state index contributed by atoms with van der Waals surface area (Å²) in [5, 5.41) is 23.7. The molecule has 16 heteroatoms. The number of rotatable bonds is 19. The molecule has 0 radical (unpaired) electrons. The van der Waals surface area contributed by atoms with Crippen LogP contribution in [0.2, 0.25) is 0 Å². The zero-order valence-corrected chi connectivity index (χ0v) is 43.7. The van der Waals surface area contributed by atoms with Gasteiger partial charge in [0, 0.05) is 107 Å². The fourth-order valence-corrected chi connectivity index (χ4v) is 10.9. The summed E-state index contributed by atoms with van der Waals surface area (Å²) in [7, 11) is 9.73. The number of unbranched alkanes of at least 4 members (excludes halogenated alkanes) is 4.